The van der Waals surface area contributed by atoms with Gasteiger partial charge in [-0.3, -0.25) is 0 Å². The van der Waals surface area contributed by atoms with Crippen molar-refractivity contribution >= 4 is 17.6 Å². The predicted octanol–water partition coefficient (Wildman–Crippen LogP) is 5.49. The molecular formula is C22H19ClO3. The Balaban J connectivity index is 1.54. The van der Waals surface area contributed by atoms with Crippen molar-refractivity contribution in [2.45, 2.75) is 13.3 Å². The third-order valence-corrected chi connectivity index (χ3v) is 4.35. The second kappa shape index (κ2) is 8.54. The second-order valence-corrected chi connectivity index (χ2v) is 6.32. The van der Waals surface area contributed by atoms with E-state index in [1.807, 2.05) is 31.2 Å². The summed E-state index contributed by atoms with van der Waals surface area (Å²) in [6.07, 6.45) is 0.832. The SMILES string of the molecule is Cc1ccc(OC(=O)c2ccc(OCCc3ccccc3)cc2)cc1Cl. The summed E-state index contributed by atoms with van der Waals surface area (Å²) in [5.41, 5.74) is 2.62. The summed E-state index contributed by atoms with van der Waals surface area (Å²) < 4.78 is 11.1. The van der Waals surface area contributed by atoms with E-state index < -0.39 is 5.97 Å². The predicted molar refractivity (Wildman–Crippen MR) is 103 cm³/mol. The van der Waals surface area contributed by atoms with Gasteiger partial charge in [0.2, 0.25) is 0 Å². The lowest BCUT2D eigenvalue weighted by Gasteiger charge is -2.08. The van der Waals surface area contributed by atoms with Gasteiger partial charge in [-0.2, -0.15) is 0 Å². The highest BCUT2D eigenvalue weighted by molar-refractivity contribution is 6.31. The third-order valence-electron chi connectivity index (χ3n) is 3.95. The average Bonchev–Trinajstić information content (AvgIpc) is 2.66. The number of hydrogen-bond donors (Lipinski definition) is 0. The zero-order valence-corrected chi connectivity index (χ0v) is 15.2. The molecule has 3 aromatic rings. The number of carbonyl (C=O) groups is 1. The standard InChI is InChI=1S/C22H19ClO3/c1-16-7-10-20(15-21(16)23)26-22(24)18-8-11-19(12-9-18)25-14-13-17-5-3-2-4-6-17/h2-12,15H,13-14H2,1H3. The Morgan fingerprint density at radius 2 is 1.62 bits per heavy atom. The Labute approximate surface area is 158 Å². The molecule has 0 spiro atoms. The highest BCUT2D eigenvalue weighted by Crippen LogP contribution is 2.23. The van der Waals surface area contributed by atoms with Gasteiger partial charge in [0.25, 0.3) is 0 Å². The molecule has 3 rings (SSSR count). The molecule has 0 radical (unpaired) electrons. The molecule has 0 aliphatic rings. The molecule has 0 saturated carbocycles. The Morgan fingerprint density at radius 3 is 2.31 bits per heavy atom. The zero-order chi connectivity index (χ0) is 18.4. The summed E-state index contributed by atoms with van der Waals surface area (Å²) in [6, 6.07) is 22.2. The van der Waals surface area contributed by atoms with Crippen LogP contribution in [0.1, 0.15) is 21.5 Å². The third kappa shape index (κ3) is 4.87. The lowest BCUT2D eigenvalue weighted by molar-refractivity contribution is 0.0734. The number of benzene rings is 3. The Hall–Kier alpha value is -2.78. The molecule has 3 nitrogen and oxygen atoms in total. The maximum atomic E-state index is 12.2. The zero-order valence-electron chi connectivity index (χ0n) is 14.4. The molecule has 3 aromatic carbocycles. The van der Waals surface area contributed by atoms with Gasteiger partial charge in [-0.15, -0.1) is 0 Å². The lowest BCUT2D eigenvalue weighted by Crippen LogP contribution is -2.08. The van der Waals surface area contributed by atoms with Crippen molar-refractivity contribution in [3.05, 3.63) is 94.5 Å². The molecule has 0 amide bonds. The monoisotopic (exact) mass is 366 g/mol. The molecule has 0 fully saturated rings. The summed E-state index contributed by atoms with van der Waals surface area (Å²) in [4.78, 5) is 12.2. The molecular weight excluding hydrogens is 348 g/mol. The summed E-state index contributed by atoms with van der Waals surface area (Å²) in [7, 11) is 0. The maximum Gasteiger partial charge on any atom is 0.343 e. The van der Waals surface area contributed by atoms with E-state index in [4.69, 9.17) is 21.1 Å². The van der Waals surface area contributed by atoms with Crippen LogP contribution in [0.5, 0.6) is 11.5 Å². The summed E-state index contributed by atoms with van der Waals surface area (Å²) in [5, 5.41) is 0.567. The molecule has 0 atom stereocenters. The van der Waals surface area contributed by atoms with Crippen LogP contribution in [-0.2, 0) is 6.42 Å². The van der Waals surface area contributed by atoms with E-state index in [1.165, 1.54) is 5.56 Å². The number of esters is 1. The van der Waals surface area contributed by atoms with Crippen LogP contribution < -0.4 is 9.47 Å². The van der Waals surface area contributed by atoms with Crippen LogP contribution in [-0.4, -0.2) is 12.6 Å². The van der Waals surface area contributed by atoms with Gasteiger partial charge in [0, 0.05) is 11.4 Å². The number of ether oxygens (including phenoxy) is 2. The molecule has 0 aliphatic heterocycles. The van der Waals surface area contributed by atoms with Crippen LogP contribution in [0.2, 0.25) is 5.02 Å². The quantitative estimate of drug-likeness (QED) is 0.427. The van der Waals surface area contributed by atoms with Crippen molar-refractivity contribution in [3.8, 4) is 11.5 Å². The summed E-state index contributed by atoms with van der Waals surface area (Å²) in [5.74, 6) is 0.713. The fourth-order valence-electron chi connectivity index (χ4n) is 2.42. The van der Waals surface area contributed by atoms with Crippen LogP contribution >= 0.6 is 11.6 Å². The first kappa shape index (κ1) is 18.0. The second-order valence-electron chi connectivity index (χ2n) is 5.91. The van der Waals surface area contributed by atoms with Crippen molar-refractivity contribution in [3.63, 3.8) is 0 Å². The minimum absolute atomic E-state index is 0.425. The van der Waals surface area contributed by atoms with Crippen LogP contribution in [0.25, 0.3) is 0 Å². The number of carbonyl (C=O) groups excluding carboxylic acids is 1. The van der Waals surface area contributed by atoms with Gasteiger partial charge in [-0.1, -0.05) is 48.0 Å². The first-order valence-electron chi connectivity index (χ1n) is 8.37. The lowest BCUT2D eigenvalue weighted by atomic mass is 10.2. The molecule has 132 valence electrons. The normalized spacial score (nSPS) is 10.4. The highest BCUT2D eigenvalue weighted by atomic mass is 35.5. The van der Waals surface area contributed by atoms with E-state index in [0.29, 0.717) is 22.9 Å². The van der Waals surface area contributed by atoms with Crippen molar-refractivity contribution in [2.24, 2.45) is 0 Å². The first-order chi connectivity index (χ1) is 12.6. The number of rotatable bonds is 6. The largest absolute Gasteiger partial charge is 0.493 e. The Morgan fingerprint density at radius 1 is 0.923 bits per heavy atom. The first-order valence-corrected chi connectivity index (χ1v) is 8.75. The topological polar surface area (TPSA) is 35.5 Å². The number of hydrogen-bond acceptors (Lipinski definition) is 3. The van der Waals surface area contributed by atoms with E-state index in [-0.39, 0.29) is 0 Å². The van der Waals surface area contributed by atoms with Crippen LogP contribution in [0.4, 0.5) is 0 Å². The van der Waals surface area contributed by atoms with Crippen molar-refractivity contribution in [2.75, 3.05) is 6.61 Å². The van der Waals surface area contributed by atoms with Gasteiger partial charge in [0.15, 0.2) is 0 Å². The minimum Gasteiger partial charge on any atom is -0.493 e. The highest BCUT2D eigenvalue weighted by Gasteiger charge is 2.10. The van der Waals surface area contributed by atoms with Gasteiger partial charge >= 0.3 is 5.97 Å². The number of aryl methyl sites for hydroxylation is 1. The molecule has 0 bridgehead atoms. The van der Waals surface area contributed by atoms with E-state index >= 15 is 0 Å². The van der Waals surface area contributed by atoms with Gasteiger partial charge < -0.3 is 9.47 Å². The van der Waals surface area contributed by atoms with Crippen LogP contribution in [0.15, 0.2) is 72.8 Å². The molecule has 4 heteroatoms. The van der Waals surface area contributed by atoms with Crippen molar-refractivity contribution < 1.29 is 14.3 Å². The Kier molecular flexibility index (Phi) is 5.92. The maximum absolute atomic E-state index is 12.2. The fourth-order valence-corrected chi connectivity index (χ4v) is 2.59. The van der Waals surface area contributed by atoms with E-state index in [1.54, 1.807) is 36.4 Å². The van der Waals surface area contributed by atoms with Crippen LogP contribution in [0.3, 0.4) is 0 Å². The molecule has 0 N–H and O–H groups in total. The molecule has 0 saturated heterocycles. The molecule has 0 heterocycles. The Bertz CT molecular complexity index is 874. The molecule has 26 heavy (non-hydrogen) atoms. The van der Waals surface area contributed by atoms with E-state index in [0.717, 1.165) is 17.7 Å². The summed E-state index contributed by atoms with van der Waals surface area (Å²) >= 11 is 6.05. The summed E-state index contributed by atoms with van der Waals surface area (Å²) in [6.45, 7) is 2.47. The van der Waals surface area contributed by atoms with Gasteiger partial charge in [0.05, 0.1) is 12.2 Å². The average molecular weight is 367 g/mol. The molecule has 0 unspecified atom stereocenters. The number of halogens is 1. The van der Waals surface area contributed by atoms with Gasteiger partial charge in [-0.25, -0.2) is 4.79 Å². The van der Waals surface area contributed by atoms with Crippen molar-refractivity contribution in [1.82, 2.24) is 0 Å². The smallest absolute Gasteiger partial charge is 0.343 e. The van der Waals surface area contributed by atoms with Gasteiger partial charge in [-0.05, 0) is 54.4 Å². The van der Waals surface area contributed by atoms with E-state index in [2.05, 4.69) is 12.1 Å². The van der Waals surface area contributed by atoms with Crippen LogP contribution in [0, 0.1) is 6.92 Å². The van der Waals surface area contributed by atoms with Gasteiger partial charge in [0.1, 0.15) is 11.5 Å². The molecule has 0 aliphatic carbocycles. The van der Waals surface area contributed by atoms with Crippen molar-refractivity contribution in [1.29, 1.82) is 0 Å². The fraction of sp³-hybridized carbons (Fsp3) is 0.136. The molecule has 0 aromatic heterocycles. The van der Waals surface area contributed by atoms with E-state index in [9.17, 15) is 4.79 Å². The minimum atomic E-state index is -0.430.